The van der Waals surface area contributed by atoms with Crippen molar-refractivity contribution >= 4 is 0 Å². The number of halogens is 6. The second kappa shape index (κ2) is 2.37. The molecule has 2 N–H and O–H groups in total. The Bertz CT molecular complexity index is 259. The number of aliphatic hydroxyl groups is 2. The smallest absolute Gasteiger partial charge is 0.355 e. The molecule has 10 heteroatoms. The van der Waals surface area contributed by atoms with Gasteiger partial charge in [-0.3, -0.25) is 0 Å². The van der Waals surface area contributed by atoms with Gasteiger partial charge in [0.1, 0.15) is 0 Å². The van der Waals surface area contributed by atoms with Crippen molar-refractivity contribution in [3.05, 3.63) is 0 Å². The molecule has 82 valence electrons. The van der Waals surface area contributed by atoms with Crippen LogP contribution in [0, 0.1) is 0 Å². The van der Waals surface area contributed by atoms with Gasteiger partial charge in [0, 0.05) is 0 Å². The van der Waals surface area contributed by atoms with E-state index in [0.29, 0.717) is 0 Å². The summed E-state index contributed by atoms with van der Waals surface area (Å²) in [6.45, 7) is 0. The lowest BCUT2D eigenvalue weighted by Crippen LogP contribution is -2.62. The zero-order chi connectivity index (χ0) is 11.4. The molecule has 0 aromatic rings. The molecule has 1 aliphatic heterocycles. The molecular formula is C4H2F6N2O2. The highest BCUT2D eigenvalue weighted by atomic mass is 19.4. The Kier molecular flexibility index (Phi) is 1.89. The Labute approximate surface area is 71.9 Å². The van der Waals surface area contributed by atoms with Gasteiger partial charge in [-0.2, -0.15) is 26.3 Å². The van der Waals surface area contributed by atoms with Crippen molar-refractivity contribution in [3.8, 4) is 0 Å². The Hall–Kier alpha value is -0.900. The highest BCUT2D eigenvalue weighted by molar-refractivity contribution is 5.12. The van der Waals surface area contributed by atoms with Crippen LogP contribution in [0.2, 0.25) is 0 Å². The summed E-state index contributed by atoms with van der Waals surface area (Å²) in [5, 5.41) is 20.6. The summed E-state index contributed by atoms with van der Waals surface area (Å²) in [5.41, 5.74) is -4.20. The van der Waals surface area contributed by atoms with Crippen molar-refractivity contribution in [2.75, 3.05) is 0 Å². The van der Waals surface area contributed by atoms with Crippen molar-refractivity contribution in [1.29, 1.82) is 0 Å². The van der Waals surface area contributed by atoms with E-state index in [2.05, 4.69) is 0 Å². The molecule has 0 atom stereocenters. The van der Waals surface area contributed by atoms with Gasteiger partial charge >= 0.3 is 23.8 Å². The molecule has 4 nitrogen and oxygen atoms in total. The summed E-state index contributed by atoms with van der Waals surface area (Å²) in [6.07, 6.45) is -11.5. The molecule has 0 radical (unpaired) electrons. The number of alkyl halides is 6. The van der Waals surface area contributed by atoms with Crippen LogP contribution in [-0.2, 0) is 0 Å². The van der Waals surface area contributed by atoms with E-state index in [-0.39, 0.29) is 0 Å². The second-order valence-corrected chi connectivity index (χ2v) is 2.54. The largest absolute Gasteiger partial charge is 0.448 e. The summed E-state index contributed by atoms with van der Waals surface area (Å²) in [5.74, 6) is -5.03. The first kappa shape index (κ1) is 11.2. The predicted molar refractivity (Wildman–Crippen MR) is 26.9 cm³/mol. The van der Waals surface area contributed by atoms with E-state index in [1.165, 1.54) is 0 Å². The standard InChI is InChI=1S/C4H2F6N2O2/c5-3(6,7)1(11-12-1)2(13,14)4(8,9)10/h13-14H. The average molecular weight is 224 g/mol. The zero-order valence-electron chi connectivity index (χ0n) is 6.06. The molecule has 0 bridgehead atoms. The molecule has 0 saturated heterocycles. The summed E-state index contributed by atoms with van der Waals surface area (Å²) in [7, 11) is 0. The highest BCUT2D eigenvalue weighted by Crippen LogP contribution is 2.55. The van der Waals surface area contributed by atoms with E-state index >= 15 is 0 Å². The predicted octanol–water partition coefficient (Wildman–Crippen LogP) is 0.954. The third-order valence-electron chi connectivity index (χ3n) is 1.58. The number of hydrogen-bond donors (Lipinski definition) is 2. The van der Waals surface area contributed by atoms with Crippen LogP contribution in [0.15, 0.2) is 10.2 Å². The fourth-order valence-electron chi connectivity index (χ4n) is 0.698. The Balaban J connectivity index is 3.06. The SMILES string of the molecule is OC(O)(C(F)(F)F)C1(C(F)(F)F)N=N1. The van der Waals surface area contributed by atoms with Crippen molar-refractivity contribution in [3.63, 3.8) is 0 Å². The molecule has 0 fully saturated rings. The summed E-state index contributed by atoms with van der Waals surface area (Å²) in [4.78, 5) is 0. The number of rotatable bonds is 1. The summed E-state index contributed by atoms with van der Waals surface area (Å²) < 4.78 is 71.1. The lowest BCUT2D eigenvalue weighted by atomic mass is 10.0. The minimum atomic E-state index is -5.90. The normalized spacial score (nSPS) is 21.1. The summed E-state index contributed by atoms with van der Waals surface area (Å²) in [6, 6.07) is 0. The quantitative estimate of drug-likeness (QED) is 0.514. The molecule has 0 unspecified atom stereocenters. The van der Waals surface area contributed by atoms with Gasteiger partial charge in [0.2, 0.25) is 0 Å². The molecule has 14 heavy (non-hydrogen) atoms. The maximum atomic E-state index is 11.9. The number of nitrogens with zero attached hydrogens (tertiary/aromatic N) is 2. The molecule has 1 rings (SSSR count). The molecule has 1 heterocycles. The van der Waals surface area contributed by atoms with Crippen molar-refractivity contribution in [2.45, 2.75) is 23.8 Å². The molecule has 0 amide bonds. The minimum absolute atomic E-state index is 2.02. The van der Waals surface area contributed by atoms with Gasteiger partial charge in [0.25, 0.3) is 0 Å². The van der Waals surface area contributed by atoms with E-state index in [0.717, 1.165) is 0 Å². The lowest BCUT2D eigenvalue weighted by Gasteiger charge is -2.29. The van der Waals surface area contributed by atoms with Crippen LogP contribution in [0.4, 0.5) is 26.3 Å². The van der Waals surface area contributed by atoms with Crippen LogP contribution >= 0.6 is 0 Å². The van der Waals surface area contributed by atoms with E-state index < -0.39 is 23.8 Å². The maximum Gasteiger partial charge on any atom is 0.448 e. The monoisotopic (exact) mass is 224 g/mol. The molecule has 0 aliphatic carbocycles. The van der Waals surface area contributed by atoms with Gasteiger partial charge in [0.15, 0.2) is 0 Å². The molecule has 1 aliphatic rings. The topological polar surface area (TPSA) is 65.2 Å². The molecular weight excluding hydrogens is 222 g/mol. The first-order valence-electron chi connectivity index (χ1n) is 2.98. The van der Waals surface area contributed by atoms with Gasteiger partial charge < -0.3 is 10.2 Å². The van der Waals surface area contributed by atoms with Crippen molar-refractivity contribution < 1.29 is 36.6 Å². The molecule has 0 aromatic carbocycles. The first-order valence-corrected chi connectivity index (χ1v) is 2.98. The van der Waals surface area contributed by atoms with E-state index in [9.17, 15) is 26.3 Å². The van der Waals surface area contributed by atoms with Crippen LogP contribution in [0.25, 0.3) is 0 Å². The summed E-state index contributed by atoms with van der Waals surface area (Å²) >= 11 is 0. The molecule has 0 saturated carbocycles. The van der Waals surface area contributed by atoms with Gasteiger partial charge in [-0.05, 0) is 0 Å². The van der Waals surface area contributed by atoms with Crippen molar-refractivity contribution in [1.82, 2.24) is 0 Å². The van der Waals surface area contributed by atoms with Gasteiger partial charge in [0.05, 0.1) is 0 Å². The zero-order valence-corrected chi connectivity index (χ0v) is 6.06. The van der Waals surface area contributed by atoms with Gasteiger partial charge in [-0.1, -0.05) is 0 Å². The molecule has 0 aromatic heterocycles. The van der Waals surface area contributed by atoms with Crippen LogP contribution in [0.3, 0.4) is 0 Å². The molecule has 0 spiro atoms. The van der Waals surface area contributed by atoms with E-state index in [4.69, 9.17) is 10.2 Å². The van der Waals surface area contributed by atoms with Crippen LogP contribution < -0.4 is 0 Å². The fraction of sp³-hybridized carbons (Fsp3) is 1.00. The third-order valence-corrected chi connectivity index (χ3v) is 1.58. The highest BCUT2D eigenvalue weighted by Gasteiger charge is 2.83. The number of hydrogen-bond acceptors (Lipinski definition) is 4. The van der Waals surface area contributed by atoms with Gasteiger partial charge in [-0.25, -0.2) is 0 Å². The van der Waals surface area contributed by atoms with Crippen LogP contribution in [0.1, 0.15) is 0 Å². The fourth-order valence-corrected chi connectivity index (χ4v) is 0.698. The van der Waals surface area contributed by atoms with E-state index in [1.807, 2.05) is 10.2 Å². The third kappa shape index (κ3) is 1.17. The van der Waals surface area contributed by atoms with E-state index in [1.54, 1.807) is 0 Å². The Morgan fingerprint density at radius 2 is 1.21 bits per heavy atom. The van der Waals surface area contributed by atoms with Crippen LogP contribution in [-0.4, -0.2) is 34.0 Å². The first-order chi connectivity index (χ1) is 5.96. The minimum Gasteiger partial charge on any atom is -0.355 e. The Morgan fingerprint density at radius 3 is 1.29 bits per heavy atom. The lowest BCUT2D eigenvalue weighted by molar-refractivity contribution is -0.393. The average Bonchev–Trinajstić information content (AvgIpc) is 2.58. The van der Waals surface area contributed by atoms with Gasteiger partial charge in [-0.15, -0.1) is 10.2 Å². The van der Waals surface area contributed by atoms with Crippen molar-refractivity contribution in [2.24, 2.45) is 10.2 Å². The van der Waals surface area contributed by atoms with Crippen LogP contribution in [0.5, 0.6) is 0 Å². The second-order valence-electron chi connectivity index (χ2n) is 2.54. The Morgan fingerprint density at radius 1 is 0.857 bits per heavy atom. The maximum absolute atomic E-state index is 11.9.